The molecule has 0 atom stereocenters. The molecule has 0 bridgehead atoms. The molecular weight excluding hydrogens is 521 g/mol. The van der Waals surface area contributed by atoms with Gasteiger partial charge in [0, 0.05) is 34.8 Å². The van der Waals surface area contributed by atoms with Gasteiger partial charge < -0.3 is 15.4 Å². The Balaban J connectivity index is 1.25. The minimum atomic E-state index is -0.595. The molecule has 39 heavy (non-hydrogen) atoms. The van der Waals surface area contributed by atoms with Crippen molar-refractivity contribution in [1.29, 1.82) is 0 Å². The quantitative estimate of drug-likeness (QED) is 0.289. The molecule has 4 heterocycles. The Kier molecular flexibility index (Phi) is 6.33. The lowest BCUT2D eigenvalue weighted by atomic mass is 10.1. The van der Waals surface area contributed by atoms with Gasteiger partial charge in [0.2, 0.25) is 0 Å². The number of aromatic nitrogens is 4. The minimum absolute atomic E-state index is 0.00433. The average molecular weight is 546 g/mol. The highest BCUT2D eigenvalue weighted by atomic mass is 32.1. The molecule has 12 heteroatoms. The summed E-state index contributed by atoms with van der Waals surface area (Å²) in [6, 6.07) is 15.0. The van der Waals surface area contributed by atoms with Crippen LogP contribution < -0.4 is 20.9 Å². The van der Waals surface area contributed by atoms with Crippen LogP contribution in [0.4, 0.5) is 21.6 Å². The predicted octanol–water partition coefficient (Wildman–Crippen LogP) is 4.44. The summed E-state index contributed by atoms with van der Waals surface area (Å²) >= 11 is 1.29. The van der Waals surface area contributed by atoms with Gasteiger partial charge in [0.05, 0.1) is 35.6 Å². The number of fused-ring (bicyclic) bond motifs is 2. The highest BCUT2D eigenvalue weighted by Crippen LogP contribution is 2.33. The zero-order valence-electron chi connectivity index (χ0n) is 21.1. The molecule has 1 amide bonds. The molecular formula is C27H24FN7O3S. The Bertz CT molecular complexity index is 1780. The maximum absolute atomic E-state index is 14.7. The third-order valence-corrected chi connectivity index (χ3v) is 7.63. The summed E-state index contributed by atoms with van der Waals surface area (Å²) in [4.78, 5) is 28.1. The van der Waals surface area contributed by atoms with E-state index in [2.05, 4.69) is 30.8 Å². The number of aromatic amines is 1. The van der Waals surface area contributed by atoms with E-state index in [1.54, 1.807) is 19.2 Å². The Morgan fingerprint density at radius 3 is 2.85 bits per heavy atom. The summed E-state index contributed by atoms with van der Waals surface area (Å²) in [7, 11) is 3.61. The van der Waals surface area contributed by atoms with E-state index in [0.717, 1.165) is 35.4 Å². The maximum atomic E-state index is 14.7. The van der Waals surface area contributed by atoms with Crippen molar-refractivity contribution in [3.8, 4) is 17.0 Å². The SMILES string of the molecule is COc1cccc2sc(C(=O)Nc3cc(-c4cc(Nc5cc6n(n5)CCN(C)C6)c(=O)[nH]n4)ccc3F)cc12. The highest BCUT2D eigenvalue weighted by molar-refractivity contribution is 7.21. The number of likely N-dealkylation sites (N-methyl/N-ethyl adjacent to an activating group) is 1. The molecule has 5 aromatic rings. The van der Waals surface area contributed by atoms with E-state index in [0.29, 0.717) is 27.7 Å². The summed E-state index contributed by atoms with van der Waals surface area (Å²) in [5, 5.41) is 17.7. The Labute approximate surface area is 226 Å². The van der Waals surface area contributed by atoms with Crippen LogP contribution in [0.25, 0.3) is 21.3 Å². The first-order valence-corrected chi connectivity index (χ1v) is 13.0. The first-order valence-electron chi connectivity index (χ1n) is 12.2. The number of ether oxygens (including phenoxy) is 1. The van der Waals surface area contributed by atoms with Crippen molar-refractivity contribution in [2.75, 3.05) is 31.3 Å². The number of amides is 1. The minimum Gasteiger partial charge on any atom is -0.496 e. The van der Waals surface area contributed by atoms with Crippen LogP contribution in [0, 0.1) is 5.82 Å². The fourth-order valence-electron chi connectivity index (χ4n) is 4.53. The topological polar surface area (TPSA) is 117 Å². The number of carbonyl (C=O) groups is 1. The number of rotatable bonds is 6. The van der Waals surface area contributed by atoms with Gasteiger partial charge >= 0.3 is 0 Å². The zero-order chi connectivity index (χ0) is 27.1. The van der Waals surface area contributed by atoms with Crippen molar-refractivity contribution < 1.29 is 13.9 Å². The Morgan fingerprint density at radius 1 is 1.13 bits per heavy atom. The normalized spacial score (nSPS) is 13.3. The van der Waals surface area contributed by atoms with Crippen LogP contribution in [0.3, 0.4) is 0 Å². The van der Waals surface area contributed by atoms with Crippen LogP contribution in [0.15, 0.2) is 59.4 Å². The maximum Gasteiger partial charge on any atom is 0.287 e. The van der Waals surface area contributed by atoms with Gasteiger partial charge in [0.1, 0.15) is 17.3 Å². The smallest absolute Gasteiger partial charge is 0.287 e. The number of anilines is 3. The average Bonchev–Trinajstić information content (AvgIpc) is 3.54. The fourth-order valence-corrected chi connectivity index (χ4v) is 5.50. The molecule has 0 saturated carbocycles. The molecule has 0 unspecified atom stereocenters. The van der Waals surface area contributed by atoms with Crippen molar-refractivity contribution in [3.05, 3.63) is 81.3 Å². The number of hydrogen-bond acceptors (Lipinski definition) is 8. The van der Waals surface area contributed by atoms with Crippen molar-refractivity contribution >= 4 is 44.5 Å². The largest absolute Gasteiger partial charge is 0.496 e. The summed E-state index contributed by atoms with van der Waals surface area (Å²) in [6.45, 7) is 2.44. The molecule has 1 aliphatic rings. The van der Waals surface area contributed by atoms with E-state index in [1.165, 1.54) is 29.5 Å². The van der Waals surface area contributed by atoms with E-state index >= 15 is 0 Å². The number of carbonyl (C=O) groups excluding carboxylic acids is 1. The summed E-state index contributed by atoms with van der Waals surface area (Å²) in [6.07, 6.45) is 0. The molecule has 2 aromatic carbocycles. The number of thiophene rings is 1. The van der Waals surface area contributed by atoms with Crippen molar-refractivity contribution in [1.82, 2.24) is 24.9 Å². The lowest BCUT2D eigenvalue weighted by Gasteiger charge is -2.22. The van der Waals surface area contributed by atoms with Gasteiger partial charge in [-0.1, -0.05) is 6.07 Å². The van der Waals surface area contributed by atoms with Crippen molar-refractivity contribution in [2.45, 2.75) is 13.1 Å². The molecule has 3 N–H and O–H groups in total. The molecule has 0 spiro atoms. The van der Waals surface area contributed by atoms with Gasteiger partial charge in [0.25, 0.3) is 11.5 Å². The van der Waals surface area contributed by atoms with Crippen molar-refractivity contribution in [2.24, 2.45) is 0 Å². The number of halogens is 1. The third kappa shape index (κ3) is 4.87. The van der Waals surface area contributed by atoms with Gasteiger partial charge in [-0.05, 0) is 49.5 Å². The number of benzene rings is 2. The van der Waals surface area contributed by atoms with Crippen LogP contribution in [0.5, 0.6) is 5.75 Å². The van der Waals surface area contributed by atoms with E-state index < -0.39 is 17.3 Å². The first-order chi connectivity index (χ1) is 18.9. The summed E-state index contributed by atoms with van der Waals surface area (Å²) in [5.41, 5.74) is 1.77. The van der Waals surface area contributed by atoms with Crippen LogP contribution in [0.1, 0.15) is 15.4 Å². The number of methoxy groups -OCH3 is 1. The first kappa shape index (κ1) is 24.8. The fraction of sp³-hybridized carbons (Fsp3) is 0.185. The lowest BCUT2D eigenvalue weighted by molar-refractivity contribution is 0.103. The number of nitrogens with one attached hydrogen (secondary N) is 3. The molecule has 1 aliphatic heterocycles. The van der Waals surface area contributed by atoms with Gasteiger partial charge in [0.15, 0.2) is 5.82 Å². The molecule has 0 radical (unpaired) electrons. The van der Waals surface area contributed by atoms with Gasteiger partial charge in [-0.2, -0.15) is 10.2 Å². The second-order valence-corrected chi connectivity index (χ2v) is 10.3. The van der Waals surface area contributed by atoms with Gasteiger partial charge in [-0.25, -0.2) is 9.49 Å². The second kappa shape index (κ2) is 9.97. The molecule has 0 saturated heterocycles. The second-order valence-electron chi connectivity index (χ2n) is 9.23. The standard InChI is InChI=1S/C27H24FN7O3S/c1-34-8-9-35-16(14-34)11-25(33-35)29-21-13-19(31-32-26(21)36)15-6-7-18(28)20(10-15)30-27(37)24-12-17-22(38-2)4-3-5-23(17)39-24/h3-7,10-13H,8-9,14H2,1-2H3,(H,30,37)(H,32,36)(H,29,31,33). The Hall–Kier alpha value is -4.55. The highest BCUT2D eigenvalue weighted by Gasteiger charge is 2.18. The van der Waals surface area contributed by atoms with E-state index in [-0.39, 0.29) is 11.4 Å². The number of nitrogens with zero attached hydrogens (tertiary/aromatic N) is 4. The number of hydrogen-bond donors (Lipinski definition) is 3. The van der Waals surface area contributed by atoms with E-state index in [9.17, 15) is 14.0 Å². The summed E-state index contributed by atoms with van der Waals surface area (Å²) in [5.74, 6) is 0.171. The molecule has 6 rings (SSSR count). The van der Waals surface area contributed by atoms with Crippen LogP contribution in [0.2, 0.25) is 0 Å². The van der Waals surface area contributed by atoms with Crippen LogP contribution >= 0.6 is 11.3 Å². The third-order valence-electron chi connectivity index (χ3n) is 6.53. The molecule has 0 fully saturated rings. The monoisotopic (exact) mass is 545 g/mol. The number of H-pyrrole nitrogens is 1. The molecule has 198 valence electrons. The van der Waals surface area contributed by atoms with Gasteiger partial charge in [-0.3, -0.25) is 19.2 Å². The van der Waals surface area contributed by atoms with E-state index in [4.69, 9.17) is 4.74 Å². The molecule has 3 aromatic heterocycles. The van der Waals surface area contributed by atoms with Gasteiger partial charge in [-0.15, -0.1) is 11.3 Å². The summed E-state index contributed by atoms with van der Waals surface area (Å²) < 4.78 is 22.9. The van der Waals surface area contributed by atoms with Crippen LogP contribution in [-0.4, -0.2) is 51.5 Å². The Morgan fingerprint density at radius 2 is 2.00 bits per heavy atom. The van der Waals surface area contributed by atoms with E-state index in [1.807, 2.05) is 36.0 Å². The zero-order valence-corrected chi connectivity index (χ0v) is 21.9. The van der Waals surface area contributed by atoms with Crippen LogP contribution in [-0.2, 0) is 13.1 Å². The molecule has 0 aliphatic carbocycles. The molecule has 10 nitrogen and oxygen atoms in total. The predicted molar refractivity (Wildman–Crippen MR) is 148 cm³/mol. The lowest BCUT2D eigenvalue weighted by Crippen LogP contribution is -2.30. The van der Waals surface area contributed by atoms with Crippen molar-refractivity contribution in [3.63, 3.8) is 0 Å².